The fraction of sp³-hybridized carbons (Fsp3) is 0.381. The van der Waals surface area contributed by atoms with Crippen LogP contribution in [-0.2, 0) is 11.2 Å². The van der Waals surface area contributed by atoms with Gasteiger partial charge in [0, 0.05) is 38.1 Å². The summed E-state index contributed by atoms with van der Waals surface area (Å²) in [6.07, 6.45) is 2.60. The molecule has 0 bridgehead atoms. The summed E-state index contributed by atoms with van der Waals surface area (Å²) < 4.78 is 0. The number of aromatic nitrogens is 1. The Labute approximate surface area is 160 Å². The first-order chi connectivity index (χ1) is 13.1. The lowest BCUT2D eigenvalue weighted by atomic mass is 10.1. The lowest BCUT2D eigenvalue weighted by Crippen LogP contribution is -2.49. The standard InChI is InChI=1S/C21H25N5O/c1-3-17-7-4-6-16(2)20(17)24-19(27)15-25-10-12-26(13-11-25)21-18(14-22)8-5-9-23-21/h4-9H,3,10-13,15H2,1-2H3,(H,24,27). The fourth-order valence-electron chi connectivity index (χ4n) is 3.44. The second kappa shape index (κ2) is 8.65. The number of pyridine rings is 1. The SMILES string of the molecule is CCc1cccc(C)c1NC(=O)CN1CCN(c2ncccc2C#N)CC1. The van der Waals surface area contributed by atoms with Gasteiger partial charge in [-0.3, -0.25) is 9.69 Å². The molecule has 0 radical (unpaired) electrons. The minimum absolute atomic E-state index is 0.0167. The van der Waals surface area contributed by atoms with Crippen LogP contribution >= 0.6 is 0 Å². The van der Waals surface area contributed by atoms with E-state index in [1.165, 1.54) is 0 Å². The van der Waals surface area contributed by atoms with Crippen molar-refractivity contribution in [2.24, 2.45) is 0 Å². The molecule has 2 heterocycles. The first-order valence-corrected chi connectivity index (χ1v) is 9.33. The van der Waals surface area contributed by atoms with Crippen molar-refractivity contribution in [2.45, 2.75) is 20.3 Å². The smallest absolute Gasteiger partial charge is 0.238 e. The van der Waals surface area contributed by atoms with E-state index in [0.29, 0.717) is 12.1 Å². The highest BCUT2D eigenvalue weighted by Gasteiger charge is 2.22. The van der Waals surface area contributed by atoms with Crippen LogP contribution < -0.4 is 10.2 Å². The molecule has 6 nitrogen and oxygen atoms in total. The van der Waals surface area contributed by atoms with Gasteiger partial charge in [0.1, 0.15) is 11.9 Å². The zero-order valence-electron chi connectivity index (χ0n) is 15.9. The summed E-state index contributed by atoms with van der Waals surface area (Å²) in [5.74, 6) is 0.750. The average Bonchev–Trinajstić information content (AvgIpc) is 2.70. The summed E-state index contributed by atoms with van der Waals surface area (Å²) in [6.45, 7) is 7.53. The molecule has 1 aromatic carbocycles. The Morgan fingerprint density at radius 3 is 2.70 bits per heavy atom. The first-order valence-electron chi connectivity index (χ1n) is 9.33. The molecule has 0 atom stereocenters. The number of amides is 1. The highest BCUT2D eigenvalue weighted by molar-refractivity contribution is 5.93. The van der Waals surface area contributed by atoms with Gasteiger partial charge < -0.3 is 10.2 Å². The molecule has 1 aliphatic heterocycles. The van der Waals surface area contributed by atoms with Crippen molar-refractivity contribution in [2.75, 3.05) is 42.9 Å². The second-order valence-corrected chi connectivity index (χ2v) is 6.76. The van der Waals surface area contributed by atoms with Crippen molar-refractivity contribution in [3.8, 4) is 6.07 Å². The molecule has 140 valence electrons. The third-order valence-corrected chi connectivity index (χ3v) is 4.95. The molecule has 1 aliphatic rings. The number of nitrogens with zero attached hydrogens (tertiary/aromatic N) is 4. The predicted molar refractivity (Wildman–Crippen MR) is 107 cm³/mol. The summed E-state index contributed by atoms with van der Waals surface area (Å²) >= 11 is 0. The molecular formula is C21H25N5O. The maximum atomic E-state index is 12.5. The van der Waals surface area contributed by atoms with Crippen molar-refractivity contribution in [3.63, 3.8) is 0 Å². The maximum absolute atomic E-state index is 12.5. The number of carbonyl (C=O) groups is 1. The Bertz CT molecular complexity index is 850. The van der Waals surface area contributed by atoms with Crippen LogP contribution in [-0.4, -0.2) is 48.5 Å². The van der Waals surface area contributed by atoms with Crippen LogP contribution in [0.1, 0.15) is 23.6 Å². The van der Waals surface area contributed by atoms with Gasteiger partial charge in [-0.15, -0.1) is 0 Å². The van der Waals surface area contributed by atoms with E-state index in [0.717, 1.165) is 55.2 Å². The van der Waals surface area contributed by atoms with Gasteiger partial charge >= 0.3 is 0 Å². The van der Waals surface area contributed by atoms with Crippen molar-refractivity contribution < 1.29 is 4.79 Å². The van der Waals surface area contributed by atoms with Gasteiger partial charge in [-0.1, -0.05) is 25.1 Å². The number of para-hydroxylation sites is 1. The number of anilines is 2. The number of piperazine rings is 1. The van der Waals surface area contributed by atoms with E-state index in [1.54, 1.807) is 18.3 Å². The Hall–Kier alpha value is -2.91. The molecule has 1 saturated heterocycles. The molecule has 6 heteroatoms. The number of benzene rings is 1. The zero-order valence-corrected chi connectivity index (χ0v) is 15.9. The van der Waals surface area contributed by atoms with Gasteiger partial charge in [0.25, 0.3) is 0 Å². The molecule has 1 amide bonds. The van der Waals surface area contributed by atoms with Crippen LogP contribution in [0.4, 0.5) is 11.5 Å². The molecule has 1 fully saturated rings. The number of hydrogen-bond acceptors (Lipinski definition) is 5. The Morgan fingerprint density at radius 1 is 1.22 bits per heavy atom. The number of rotatable bonds is 5. The second-order valence-electron chi connectivity index (χ2n) is 6.76. The van der Waals surface area contributed by atoms with E-state index in [2.05, 4.69) is 39.2 Å². The zero-order chi connectivity index (χ0) is 19.2. The molecular weight excluding hydrogens is 338 g/mol. The number of aryl methyl sites for hydroxylation is 2. The summed E-state index contributed by atoms with van der Waals surface area (Å²) in [4.78, 5) is 21.1. The summed E-state index contributed by atoms with van der Waals surface area (Å²) in [7, 11) is 0. The number of nitrogens with one attached hydrogen (secondary N) is 1. The van der Waals surface area contributed by atoms with Gasteiger partial charge in [0.05, 0.1) is 12.1 Å². The molecule has 3 rings (SSSR count). The molecule has 0 unspecified atom stereocenters. The Morgan fingerprint density at radius 2 is 2.00 bits per heavy atom. The van der Waals surface area contributed by atoms with E-state index in [-0.39, 0.29) is 5.91 Å². The summed E-state index contributed by atoms with van der Waals surface area (Å²) in [5.41, 5.74) is 3.78. The monoisotopic (exact) mass is 363 g/mol. The number of hydrogen-bond donors (Lipinski definition) is 1. The van der Waals surface area contributed by atoms with E-state index >= 15 is 0 Å². The normalized spacial score (nSPS) is 14.6. The molecule has 0 aliphatic carbocycles. The van der Waals surface area contributed by atoms with Gasteiger partial charge in [-0.25, -0.2) is 4.98 Å². The third-order valence-electron chi connectivity index (χ3n) is 4.95. The first kappa shape index (κ1) is 18.9. The van der Waals surface area contributed by atoms with Crippen molar-refractivity contribution in [1.29, 1.82) is 5.26 Å². The number of nitriles is 1. The van der Waals surface area contributed by atoms with Crippen LogP contribution in [0.2, 0.25) is 0 Å². The quantitative estimate of drug-likeness (QED) is 0.884. The van der Waals surface area contributed by atoms with E-state index in [1.807, 2.05) is 19.1 Å². The van der Waals surface area contributed by atoms with Crippen LogP contribution in [0.3, 0.4) is 0 Å². The molecule has 1 aromatic heterocycles. The van der Waals surface area contributed by atoms with E-state index < -0.39 is 0 Å². The van der Waals surface area contributed by atoms with Gasteiger partial charge in [0.2, 0.25) is 5.91 Å². The van der Waals surface area contributed by atoms with Crippen molar-refractivity contribution in [3.05, 3.63) is 53.2 Å². The Balaban J connectivity index is 1.57. The minimum atomic E-state index is 0.0167. The average molecular weight is 363 g/mol. The van der Waals surface area contributed by atoms with Crippen LogP contribution in [0.5, 0.6) is 0 Å². The Kier molecular flexibility index (Phi) is 6.05. The lowest BCUT2D eigenvalue weighted by Gasteiger charge is -2.35. The fourth-order valence-corrected chi connectivity index (χ4v) is 3.44. The van der Waals surface area contributed by atoms with Gasteiger partial charge in [0.15, 0.2) is 0 Å². The van der Waals surface area contributed by atoms with Gasteiger partial charge in [-0.05, 0) is 36.6 Å². The minimum Gasteiger partial charge on any atom is -0.353 e. The highest BCUT2D eigenvalue weighted by atomic mass is 16.2. The van der Waals surface area contributed by atoms with E-state index in [4.69, 9.17) is 0 Å². The highest BCUT2D eigenvalue weighted by Crippen LogP contribution is 2.21. The van der Waals surface area contributed by atoms with Crippen LogP contribution in [0, 0.1) is 18.3 Å². The number of carbonyl (C=O) groups excluding carboxylic acids is 1. The lowest BCUT2D eigenvalue weighted by molar-refractivity contribution is -0.117. The summed E-state index contributed by atoms with van der Waals surface area (Å²) in [5, 5.41) is 12.3. The molecule has 0 saturated carbocycles. The molecule has 0 spiro atoms. The van der Waals surface area contributed by atoms with Crippen LogP contribution in [0.15, 0.2) is 36.5 Å². The summed E-state index contributed by atoms with van der Waals surface area (Å²) in [6, 6.07) is 11.9. The molecule has 2 aromatic rings. The predicted octanol–water partition coefficient (Wildman–Crippen LogP) is 2.58. The largest absolute Gasteiger partial charge is 0.353 e. The topological polar surface area (TPSA) is 72.3 Å². The maximum Gasteiger partial charge on any atom is 0.238 e. The third kappa shape index (κ3) is 4.44. The molecule has 27 heavy (non-hydrogen) atoms. The van der Waals surface area contributed by atoms with Crippen LogP contribution in [0.25, 0.3) is 0 Å². The van der Waals surface area contributed by atoms with Crippen molar-refractivity contribution >= 4 is 17.4 Å². The van der Waals surface area contributed by atoms with Gasteiger partial charge in [-0.2, -0.15) is 5.26 Å². The van der Waals surface area contributed by atoms with Crippen molar-refractivity contribution in [1.82, 2.24) is 9.88 Å². The van der Waals surface area contributed by atoms with E-state index in [9.17, 15) is 10.1 Å². The molecule has 1 N–H and O–H groups in total.